The number of urea groups is 1. The minimum Gasteiger partial charge on any atom is -0.372 e. The molecule has 1 atom stereocenters. The number of anilines is 2. The van der Waals surface area contributed by atoms with E-state index in [9.17, 15) is 14.4 Å². The van der Waals surface area contributed by atoms with Gasteiger partial charge in [0, 0.05) is 24.5 Å². The second-order valence-electron chi connectivity index (χ2n) is 9.54. The number of nitrogens with zero attached hydrogens (tertiary/aromatic N) is 2. The van der Waals surface area contributed by atoms with E-state index in [1.54, 1.807) is 6.92 Å². The van der Waals surface area contributed by atoms with Gasteiger partial charge >= 0.3 is 6.03 Å². The van der Waals surface area contributed by atoms with Crippen molar-refractivity contribution in [3.63, 3.8) is 0 Å². The molecule has 0 aromatic heterocycles. The molecule has 2 aromatic carbocycles. The van der Waals surface area contributed by atoms with Gasteiger partial charge in [-0.25, -0.2) is 4.79 Å². The standard InChI is InChI=1S/C26H34N4O3/c1-7-29(8-2)21-15-13-20(14-16-21)27-22(31)17-30-23(32)26(6,28-24(30)33)19-11-9-18(10-12-19)25(3,4)5/h9-16H,7-8,17H2,1-6H3,(H,27,31)(H,28,33). The van der Waals surface area contributed by atoms with Crippen LogP contribution in [0.1, 0.15) is 52.7 Å². The maximum atomic E-state index is 13.2. The molecule has 1 saturated heterocycles. The second kappa shape index (κ2) is 9.25. The van der Waals surface area contributed by atoms with E-state index in [0.717, 1.165) is 29.2 Å². The molecule has 0 radical (unpaired) electrons. The van der Waals surface area contributed by atoms with Gasteiger partial charge in [0.2, 0.25) is 5.91 Å². The van der Waals surface area contributed by atoms with Gasteiger partial charge in [-0.3, -0.25) is 14.5 Å². The lowest BCUT2D eigenvalue weighted by molar-refractivity contribution is -0.133. The molecule has 0 saturated carbocycles. The first-order chi connectivity index (χ1) is 15.5. The monoisotopic (exact) mass is 450 g/mol. The highest BCUT2D eigenvalue weighted by atomic mass is 16.2. The van der Waals surface area contributed by atoms with Gasteiger partial charge in [0.15, 0.2) is 0 Å². The molecule has 33 heavy (non-hydrogen) atoms. The summed E-state index contributed by atoms with van der Waals surface area (Å²) in [6, 6.07) is 14.6. The molecule has 2 aromatic rings. The number of amides is 4. The predicted octanol–water partition coefficient (Wildman–Crippen LogP) is 4.24. The fraction of sp³-hybridized carbons (Fsp3) is 0.423. The SMILES string of the molecule is CCN(CC)c1ccc(NC(=O)CN2C(=O)NC(C)(c3ccc(C(C)(C)C)cc3)C2=O)cc1. The molecular weight excluding hydrogens is 416 g/mol. The predicted molar refractivity (Wildman–Crippen MR) is 131 cm³/mol. The summed E-state index contributed by atoms with van der Waals surface area (Å²) in [5, 5.41) is 5.53. The molecule has 1 aliphatic heterocycles. The van der Waals surface area contributed by atoms with Crippen molar-refractivity contribution in [3.8, 4) is 0 Å². The van der Waals surface area contributed by atoms with Crippen LogP contribution in [-0.4, -0.2) is 42.4 Å². The Morgan fingerprint density at radius 2 is 1.58 bits per heavy atom. The van der Waals surface area contributed by atoms with E-state index < -0.39 is 23.4 Å². The van der Waals surface area contributed by atoms with Crippen molar-refractivity contribution in [3.05, 3.63) is 59.7 Å². The third-order valence-electron chi connectivity index (χ3n) is 6.18. The Morgan fingerprint density at radius 1 is 1.00 bits per heavy atom. The first-order valence-electron chi connectivity index (χ1n) is 11.4. The Morgan fingerprint density at radius 3 is 2.09 bits per heavy atom. The zero-order valence-electron chi connectivity index (χ0n) is 20.4. The molecule has 7 nitrogen and oxygen atoms in total. The van der Waals surface area contributed by atoms with Crippen LogP contribution in [0.4, 0.5) is 16.2 Å². The highest BCUT2D eigenvalue weighted by molar-refractivity contribution is 6.10. The van der Waals surface area contributed by atoms with Crippen molar-refractivity contribution in [2.75, 3.05) is 29.9 Å². The minimum atomic E-state index is -1.21. The van der Waals surface area contributed by atoms with Crippen LogP contribution in [0.2, 0.25) is 0 Å². The molecule has 1 heterocycles. The van der Waals surface area contributed by atoms with Gasteiger partial charge in [0.1, 0.15) is 12.1 Å². The number of benzene rings is 2. The van der Waals surface area contributed by atoms with Crippen LogP contribution >= 0.6 is 0 Å². The summed E-state index contributed by atoms with van der Waals surface area (Å²) in [5.41, 5.74) is 2.28. The fourth-order valence-electron chi connectivity index (χ4n) is 4.03. The van der Waals surface area contributed by atoms with Crippen LogP contribution in [0, 0.1) is 0 Å². The first-order valence-corrected chi connectivity index (χ1v) is 11.4. The smallest absolute Gasteiger partial charge is 0.325 e. The van der Waals surface area contributed by atoms with E-state index in [2.05, 4.69) is 50.2 Å². The highest BCUT2D eigenvalue weighted by Gasteiger charge is 2.49. The molecule has 176 valence electrons. The second-order valence-corrected chi connectivity index (χ2v) is 9.54. The number of imide groups is 1. The molecule has 3 rings (SSSR count). The van der Waals surface area contributed by atoms with Gasteiger partial charge in [-0.2, -0.15) is 0 Å². The third kappa shape index (κ3) is 5.02. The van der Waals surface area contributed by atoms with E-state index >= 15 is 0 Å². The largest absolute Gasteiger partial charge is 0.372 e. The maximum Gasteiger partial charge on any atom is 0.325 e. The van der Waals surface area contributed by atoms with E-state index in [0.29, 0.717) is 11.3 Å². The van der Waals surface area contributed by atoms with Crippen molar-refractivity contribution in [2.45, 2.75) is 52.5 Å². The molecule has 2 N–H and O–H groups in total. The Balaban J connectivity index is 1.69. The average molecular weight is 451 g/mol. The fourth-order valence-corrected chi connectivity index (χ4v) is 4.03. The van der Waals surface area contributed by atoms with Crippen LogP contribution < -0.4 is 15.5 Å². The lowest BCUT2D eigenvalue weighted by Crippen LogP contribution is -2.42. The van der Waals surface area contributed by atoms with Crippen molar-refractivity contribution < 1.29 is 14.4 Å². The molecular formula is C26H34N4O3. The number of carbonyl (C=O) groups excluding carboxylic acids is 3. The lowest BCUT2D eigenvalue weighted by Gasteiger charge is -2.24. The van der Waals surface area contributed by atoms with Gasteiger partial charge < -0.3 is 15.5 Å². The van der Waals surface area contributed by atoms with Gasteiger partial charge in [-0.05, 0) is 61.6 Å². The molecule has 1 unspecified atom stereocenters. The Bertz CT molecular complexity index is 1020. The molecule has 0 aliphatic carbocycles. The highest BCUT2D eigenvalue weighted by Crippen LogP contribution is 2.31. The normalized spacial score (nSPS) is 18.3. The summed E-state index contributed by atoms with van der Waals surface area (Å²) in [5.74, 6) is -0.871. The zero-order valence-corrected chi connectivity index (χ0v) is 20.4. The van der Waals surface area contributed by atoms with E-state index in [1.807, 2.05) is 48.5 Å². The summed E-state index contributed by atoms with van der Waals surface area (Å²) < 4.78 is 0. The van der Waals surface area contributed by atoms with Gasteiger partial charge in [0.05, 0.1) is 0 Å². The van der Waals surface area contributed by atoms with Crippen LogP contribution in [0.25, 0.3) is 0 Å². The Labute approximate surface area is 196 Å². The lowest BCUT2D eigenvalue weighted by atomic mass is 9.84. The third-order valence-corrected chi connectivity index (χ3v) is 6.18. The Hall–Kier alpha value is -3.35. The summed E-state index contributed by atoms with van der Waals surface area (Å²) in [6.07, 6.45) is 0. The minimum absolute atomic E-state index is 0.0178. The van der Waals surface area contributed by atoms with Gasteiger partial charge in [-0.15, -0.1) is 0 Å². The van der Waals surface area contributed by atoms with Gasteiger partial charge in [-0.1, -0.05) is 45.0 Å². The number of nitrogens with one attached hydrogen (secondary N) is 2. The van der Waals surface area contributed by atoms with Crippen LogP contribution in [0.15, 0.2) is 48.5 Å². The van der Waals surface area contributed by atoms with Crippen molar-refractivity contribution in [2.24, 2.45) is 0 Å². The number of carbonyl (C=O) groups is 3. The summed E-state index contributed by atoms with van der Waals surface area (Å²) in [6.45, 7) is 13.6. The van der Waals surface area contributed by atoms with E-state index in [-0.39, 0.29) is 12.0 Å². The quantitative estimate of drug-likeness (QED) is 0.619. The van der Waals surface area contributed by atoms with Crippen molar-refractivity contribution >= 4 is 29.2 Å². The first kappa shape index (κ1) is 24.3. The van der Waals surface area contributed by atoms with Crippen LogP contribution in [0.3, 0.4) is 0 Å². The molecule has 7 heteroatoms. The Kier molecular flexibility index (Phi) is 6.81. The number of hydrogen-bond acceptors (Lipinski definition) is 4. The molecule has 0 spiro atoms. The van der Waals surface area contributed by atoms with Crippen molar-refractivity contribution in [1.29, 1.82) is 0 Å². The molecule has 1 fully saturated rings. The maximum absolute atomic E-state index is 13.2. The molecule has 0 bridgehead atoms. The van der Waals surface area contributed by atoms with E-state index in [1.165, 1.54) is 0 Å². The number of rotatable bonds is 7. The average Bonchev–Trinajstić information content (AvgIpc) is 2.99. The van der Waals surface area contributed by atoms with Crippen LogP contribution in [-0.2, 0) is 20.5 Å². The molecule has 4 amide bonds. The van der Waals surface area contributed by atoms with E-state index in [4.69, 9.17) is 0 Å². The number of hydrogen-bond donors (Lipinski definition) is 2. The zero-order chi connectivity index (χ0) is 24.4. The summed E-state index contributed by atoms with van der Waals surface area (Å²) >= 11 is 0. The van der Waals surface area contributed by atoms with Gasteiger partial charge in [0.25, 0.3) is 5.91 Å². The molecule has 1 aliphatic rings. The summed E-state index contributed by atoms with van der Waals surface area (Å²) in [7, 11) is 0. The van der Waals surface area contributed by atoms with Crippen LogP contribution in [0.5, 0.6) is 0 Å². The topological polar surface area (TPSA) is 81.8 Å². The van der Waals surface area contributed by atoms with Crippen molar-refractivity contribution in [1.82, 2.24) is 10.2 Å². The summed E-state index contributed by atoms with van der Waals surface area (Å²) in [4.78, 5) is 41.5.